The van der Waals surface area contributed by atoms with Gasteiger partial charge in [0.2, 0.25) is 5.91 Å². The van der Waals surface area contributed by atoms with Crippen LogP contribution < -0.4 is 0 Å². The highest BCUT2D eigenvalue weighted by Crippen LogP contribution is 2.23. The molecule has 0 spiro atoms. The quantitative estimate of drug-likeness (QED) is 0.815. The van der Waals surface area contributed by atoms with Crippen molar-refractivity contribution in [3.8, 4) is 6.07 Å². The van der Waals surface area contributed by atoms with Crippen molar-refractivity contribution in [3.63, 3.8) is 0 Å². The molecule has 3 rings (SSSR count). The van der Waals surface area contributed by atoms with E-state index in [9.17, 15) is 4.79 Å². The second kappa shape index (κ2) is 7.12. The van der Waals surface area contributed by atoms with Gasteiger partial charge in [0.25, 0.3) is 0 Å². The number of aromatic nitrogens is 1. The number of carbonyl (C=O) groups is 1. The third kappa shape index (κ3) is 3.43. The Labute approximate surface area is 135 Å². The number of para-hydroxylation sites is 1. The molecule has 0 atom stereocenters. The molecule has 0 radical (unpaired) electrons. The van der Waals surface area contributed by atoms with E-state index >= 15 is 0 Å². The summed E-state index contributed by atoms with van der Waals surface area (Å²) in [7, 11) is 0. The van der Waals surface area contributed by atoms with Gasteiger partial charge in [-0.05, 0) is 12.1 Å². The van der Waals surface area contributed by atoms with Gasteiger partial charge >= 0.3 is 0 Å². The first-order chi connectivity index (χ1) is 11.3. The number of benzene rings is 1. The van der Waals surface area contributed by atoms with Crippen LogP contribution in [0.4, 0.5) is 0 Å². The van der Waals surface area contributed by atoms with E-state index in [0.29, 0.717) is 39.3 Å². The molecule has 2 heterocycles. The molecule has 5 heteroatoms. The maximum Gasteiger partial charge on any atom is 0.246 e. The number of nitriles is 1. The summed E-state index contributed by atoms with van der Waals surface area (Å²) >= 11 is 0. The van der Waals surface area contributed by atoms with Gasteiger partial charge in [0.1, 0.15) is 0 Å². The number of hydrogen-bond acceptors (Lipinski definition) is 3. The Hall–Kier alpha value is -2.58. The van der Waals surface area contributed by atoms with Crippen LogP contribution in [0.25, 0.3) is 17.0 Å². The van der Waals surface area contributed by atoms with Crippen molar-refractivity contribution in [1.29, 1.82) is 5.26 Å². The summed E-state index contributed by atoms with van der Waals surface area (Å²) in [5.41, 5.74) is 2.08. The van der Waals surface area contributed by atoms with E-state index in [0.717, 1.165) is 16.5 Å². The molecule has 0 N–H and O–H groups in total. The van der Waals surface area contributed by atoms with Crippen LogP contribution in [0.15, 0.2) is 36.5 Å². The second-order valence-electron chi connectivity index (χ2n) is 5.47. The van der Waals surface area contributed by atoms with Gasteiger partial charge in [0.05, 0.1) is 25.7 Å². The number of aryl methyl sites for hydroxylation is 1. The highest BCUT2D eigenvalue weighted by atomic mass is 16.5. The SMILES string of the molecule is N#CCCn1cc(/C=C/C(=O)N2CCOCC2)c2ccccc21. The molecule has 2 aromatic rings. The van der Waals surface area contributed by atoms with Gasteiger partial charge < -0.3 is 14.2 Å². The van der Waals surface area contributed by atoms with Crippen molar-refractivity contribution in [1.82, 2.24) is 9.47 Å². The molecule has 1 aliphatic heterocycles. The van der Waals surface area contributed by atoms with E-state index in [1.165, 1.54) is 0 Å². The zero-order valence-corrected chi connectivity index (χ0v) is 12.9. The first kappa shape index (κ1) is 15.3. The Morgan fingerprint density at radius 1 is 1.30 bits per heavy atom. The summed E-state index contributed by atoms with van der Waals surface area (Å²) in [6.45, 7) is 3.16. The molecule has 1 aromatic carbocycles. The van der Waals surface area contributed by atoms with Crippen LogP contribution in [-0.4, -0.2) is 41.7 Å². The normalized spacial score (nSPS) is 15.2. The van der Waals surface area contributed by atoms with Gasteiger partial charge in [-0.2, -0.15) is 5.26 Å². The molecule has 0 aliphatic carbocycles. The molecular weight excluding hydrogens is 290 g/mol. The zero-order valence-electron chi connectivity index (χ0n) is 12.9. The zero-order chi connectivity index (χ0) is 16.1. The van der Waals surface area contributed by atoms with Crippen LogP contribution in [0.2, 0.25) is 0 Å². The number of hydrogen-bond donors (Lipinski definition) is 0. The lowest BCUT2D eigenvalue weighted by Gasteiger charge is -2.25. The van der Waals surface area contributed by atoms with Gasteiger partial charge in [0.15, 0.2) is 0 Å². The van der Waals surface area contributed by atoms with E-state index < -0.39 is 0 Å². The van der Waals surface area contributed by atoms with Crippen LogP contribution in [0, 0.1) is 11.3 Å². The minimum Gasteiger partial charge on any atom is -0.378 e. The third-order valence-electron chi connectivity index (χ3n) is 4.01. The first-order valence-electron chi connectivity index (χ1n) is 7.79. The Morgan fingerprint density at radius 3 is 2.87 bits per heavy atom. The maximum absolute atomic E-state index is 12.2. The van der Waals surface area contributed by atoms with Gasteiger partial charge in [-0.15, -0.1) is 0 Å². The minimum atomic E-state index is 0.0159. The fourth-order valence-corrected chi connectivity index (χ4v) is 2.81. The Morgan fingerprint density at radius 2 is 2.09 bits per heavy atom. The fraction of sp³-hybridized carbons (Fsp3) is 0.333. The summed E-state index contributed by atoms with van der Waals surface area (Å²) in [5.74, 6) is 0.0159. The number of morpholine rings is 1. The maximum atomic E-state index is 12.2. The van der Waals surface area contributed by atoms with Crippen molar-refractivity contribution >= 4 is 22.9 Å². The van der Waals surface area contributed by atoms with Crippen LogP contribution in [-0.2, 0) is 16.1 Å². The number of rotatable bonds is 4. The largest absolute Gasteiger partial charge is 0.378 e. The topological polar surface area (TPSA) is 58.3 Å². The van der Waals surface area contributed by atoms with Crippen molar-refractivity contribution < 1.29 is 9.53 Å². The van der Waals surface area contributed by atoms with Crippen molar-refractivity contribution in [2.75, 3.05) is 26.3 Å². The lowest BCUT2D eigenvalue weighted by Crippen LogP contribution is -2.39. The summed E-state index contributed by atoms with van der Waals surface area (Å²) in [4.78, 5) is 14.0. The molecule has 5 nitrogen and oxygen atoms in total. The number of ether oxygens (including phenoxy) is 1. The van der Waals surface area contributed by atoms with Gasteiger partial charge in [-0.1, -0.05) is 18.2 Å². The van der Waals surface area contributed by atoms with Crippen LogP contribution in [0.1, 0.15) is 12.0 Å². The summed E-state index contributed by atoms with van der Waals surface area (Å²) < 4.78 is 7.33. The minimum absolute atomic E-state index is 0.0159. The lowest BCUT2D eigenvalue weighted by atomic mass is 10.1. The number of amides is 1. The van der Waals surface area contributed by atoms with Crippen LogP contribution >= 0.6 is 0 Å². The van der Waals surface area contributed by atoms with Crippen molar-refractivity contribution in [3.05, 3.63) is 42.1 Å². The molecule has 1 aliphatic rings. The fourth-order valence-electron chi connectivity index (χ4n) is 2.81. The highest BCUT2D eigenvalue weighted by Gasteiger charge is 2.14. The molecular formula is C18H19N3O2. The molecule has 0 saturated carbocycles. The van der Waals surface area contributed by atoms with E-state index in [4.69, 9.17) is 10.00 Å². The molecule has 118 valence electrons. The Kier molecular flexibility index (Phi) is 4.74. The van der Waals surface area contributed by atoms with Gasteiger partial charge in [0, 0.05) is 48.4 Å². The van der Waals surface area contributed by atoms with E-state index in [2.05, 4.69) is 10.6 Å². The summed E-state index contributed by atoms with van der Waals surface area (Å²) in [6.07, 6.45) is 5.96. The predicted octanol–water partition coefficient (Wildman–Crippen LogP) is 2.43. The molecule has 1 aromatic heterocycles. The molecule has 23 heavy (non-hydrogen) atoms. The average molecular weight is 309 g/mol. The number of nitrogens with zero attached hydrogens (tertiary/aromatic N) is 3. The van der Waals surface area contributed by atoms with Gasteiger partial charge in [-0.3, -0.25) is 4.79 Å². The summed E-state index contributed by atoms with van der Waals surface area (Å²) in [5, 5.41) is 9.88. The van der Waals surface area contributed by atoms with Crippen LogP contribution in [0.3, 0.4) is 0 Å². The van der Waals surface area contributed by atoms with Crippen molar-refractivity contribution in [2.45, 2.75) is 13.0 Å². The lowest BCUT2D eigenvalue weighted by molar-refractivity contribution is -0.129. The first-order valence-corrected chi connectivity index (χ1v) is 7.79. The predicted molar refractivity (Wildman–Crippen MR) is 88.6 cm³/mol. The Bertz CT molecular complexity index is 764. The Balaban J connectivity index is 1.83. The molecule has 1 fully saturated rings. The second-order valence-corrected chi connectivity index (χ2v) is 5.47. The molecule has 1 amide bonds. The molecule has 1 saturated heterocycles. The monoisotopic (exact) mass is 309 g/mol. The third-order valence-corrected chi connectivity index (χ3v) is 4.01. The van der Waals surface area contributed by atoms with Crippen LogP contribution in [0.5, 0.6) is 0 Å². The van der Waals surface area contributed by atoms with Gasteiger partial charge in [-0.25, -0.2) is 0 Å². The van der Waals surface area contributed by atoms with E-state index in [1.54, 1.807) is 11.0 Å². The summed E-state index contributed by atoms with van der Waals surface area (Å²) in [6, 6.07) is 10.2. The number of carbonyl (C=O) groups excluding carboxylic acids is 1. The smallest absolute Gasteiger partial charge is 0.246 e. The molecule has 0 unspecified atom stereocenters. The average Bonchev–Trinajstić information content (AvgIpc) is 2.96. The molecule has 0 bridgehead atoms. The highest BCUT2D eigenvalue weighted by molar-refractivity contribution is 5.96. The van der Waals surface area contributed by atoms with Crippen molar-refractivity contribution in [2.24, 2.45) is 0 Å². The van der Waals surface area contributed by atoms with E-state index in [-0.39, 0.29) is 5.91 Å². The van der Waals surface area contributed by atoms with E-state index in [1.807, 2.05) is 36.5 Å². The standard InChI is InChI=1S/C18H19N3O2/c19-8-3-9-21-14-15(16-4-1-2-5-17(16)21)6-7-18(22)20-10-12-23-13-11-20/h1-2,4-7,14H,3,9-13H2/b7-6+. The number of fused-ring (bicyclic) bond motifs is 1.